The summed E-state index contributed by atoms with van der Waals surface area (Å²) in [5.74, 6) is -0.994. The predicted octanol–water partition coefficient (Wildman–Crippen LogP) is -1.31. The van der Waals surface area contributed by atoms with Crippen molar-refractivity contribution in [1.29, 1.82) is 0 Å². The first kappa shape index (κ1) is 15.1. The summed E-state index contributed by atoms with van der Waals surface area (Å²) >= 11 is 0. The van der Waals surface area contributed by atoms with Gasteiger partial charge in [0.2, 0.25) is 5.91 Å². The zero-order valence-corrected chi connectivity index (χ0v) is 11.3. The zero-order valence-electron chi connectivity index (χ0n) is 11.3. The Morgan fingerprint density at radius 2 is 2.23 bits per heavy atom. The molecule has 1 amide bonds. The van der Waals surface area contributed by atoms with E-state index in [2.05, 4.69) is 26.4 Å². The molecule has 12 heteroatoms. The van der Waals surface area contributed by atoms with Crippen LogP contribution in [0.3, 0.4) is 0 Å². The molecule has 2 aliphatic rings. The van der Waals surface area contributed by atoms with Crippen LogP contribution in [-0.2, 0) is 9.53 Å². The third-order valence-electron chi connectivity index (χ3n) is 3.66. The Kier molecular flexibility index (Phi) is 3.97. The van der Waals surface area contributed by atoms with Crippen LogP contribution < -0.4 is 10.9 Å². The lowest BCUT2D eigenvalue weighted by atomic mass is 10.1. The lowest BCUT2D eigenvalue weighted by molar-refractivity contribution is -0.236. The van der Waals surface area contributed by atoms with Crippen LogP contribution >= 0.6 is 0 Å². The molecule has 3 atom stereocenters. The average molecular weight is 321 g/mol. The maximum absolute atomic E-state index is 12.7. The Bertz CT molecular complexity index is 523. The van der Waals surface area contributed by atoms with Crippen molar-refractivity contribution in [1.82, 2.24) is 36.0 Å². The largest absolute Gasteiger partial charge is 0.416 e. The third kappa shape index (κ3) is 2.89. The molecular weight excluding hydrogens is 307 g/mol. The number of hydrogen-bond donors (Lipinski definition) is 2. The lowest BCUT2D eigenvalue weighted by Gasteiger charge is -2.35. The topological polar surface area (TPSA) is 97.2 Å². The van der Waals surface area contributed by atoms with Gasteiger partial charge in [-0.3, -0.25) is 10.2 Å². The van der Waals surface area contributed by atoms with Gasteiger partial charge in [-0.15, -0.1) is 5.10 Å². The lowest BCUT2D eigenvalue weighted by Crippen LogP contribution is -2.53. The Hall–Kier alpha value is -1.79. The summed E-state index contributed by atoms with van der Waals surface area (Å²) in [6.45, 7) is -0.234. The number of hydrogen-bond acceptors (Lipinski definition) is 7. The van der Waals surface area contributed by atoms with Gasteiger partial charge in [0.25, 0.3) is 0 Å². The molecule has 9 nitrogen and oxygen atoms in total. The summed E-state index contributed by atoms with van der Waals surface area (Å²) in [7, 11) is 0. The minimum Gasteiger partial charge on any atom is -0.365 e. The summed E-state index contributed by atoms with van der Waals surface area (Å²) < 4.78 is 44.3. The van der Waals surface area contributed by atoms with E-state index in [-0.39, 0.29) is 19.7 Å². The second-order valence-corrected chi connectivity index (χ2v) is 5.05. The Morgan fingerprint density at radius 1 is 1.41 bits per heavy atom. The molecule has 2 N–H and O–H groups in total. The van der Waals surface area contributed by atoms with E-state index in [1.165, 1.54) is 15.9 Å². The van der Waals surface area contributed by atoms with Crippen molar-refractivity contribution in [2.45, 2.75) is 18.4 Å². The van der Waals surface area contributed by atoms with E-state index in [0.29, 0.717) is 0 Å². The maximum atomic E-state index is 12.7. The Labute approximate surface area is 122 Å². The van der Waals surface area contributed by atoms with Crippen LogP contribution in [0.15, 0.2) is 6.33 Å². The fraction of sp³-hybridized carbons (Fsp3) is 0.800. The zero-order chi connectivity index (χ0) is 15.7. The first-order chi connectivity index (χ1) is 10.5. The SMILES string of the molecule is O=C(C1CNNC1n1cnnn1)N1CCOC(C(F)(F)F)C1. The van der Waals surface area contributed by atoms with Gasteiger partial charge in [0, 0.05) is 13.1 Å². The van der Waals surface area contributed by atoms with Crippen molar-refractivity contribution < 1.29 is 22.7 Å². The molecule has 22 heavy (non-hydrogen) atoms. The molecule has 3 rings (SSSR count). The second kappa shape index (κ2) is 5.78. The highest BCUT2D eigenvalue weighted by atomic mass is 19.4. The van der Waals surface area contributed by atoms with Crippen LogP contribution in [0.25, 0.3) is 0 Å². The Balaban J connectivity index is 1.70. The molecule has 1 aromatic heterocycles. The van der Waals surface area contributed by atoms with Gasteiger partial charge < -0.3 is 9.64 Å². The molecule has 2 fully saturated rings. The molecule has 0 bridgehead atoms. The van der Waals surface area contributed by atoms with E-state index in [9.17, 15) is 18.0 Å². The number of carbonyl (C=O) groups is 1. The fourth-order valence-corrected chi connectivity index (χ4v) is 2.54. The smallest absolute Gasteiger partial charge is 0.365 e. The van der Waals surface area contributed by atoms with Crippen LogP contribution in [-0.4, -0.2) is 69.5 Å². The van der Waals surface area contributed by atoms with E-state index in [0.717, 1.165) is 0 Å². The van der Waals surface area contributed by atoms with Crippen molar-refractivity contribution in [2.75, 3.05) is 26.2 Å². The van der Waals surface area contributed by atoms with Gasteiger partial charge in [0.1, 0.15) is 12.5 Å². The van der Waals surface area contributed by atoms with Gasteiger partial charge in [-0.25, -0.2) is 10.1 Å². The summed E-state index contributed by atoms with van der Waals surface area (Å²) in [6.07, 6.45) is -5.64. The second-order valence-electron chi connectivity index (χ2n) is 5.05. The first-order valence-corrected chi connectivity index (χ1v) is 6.65. The highest BCUT2D eigenvalue weighted by Gasteiger charge is 2.46. The van der Waals surface area contributed by atoms with Gasteiger partial charge in [-0.05, 0) is 10.4 Å². The van der Waals surface area contributed by atoms with E-state index < -0.39 is 36.8 Å². The Morgan fingerprint density at radius 3 is 2.91 bits per heavy atom. The molecule has 0 spiro atoms. The summed E-state index contributed by atoms with van der Waals surface area (Å²) in [5, 5.41) is 10.7. The van der Waals surface area contributed by atoms with Crippen LogP contribution in [0.2, 0.25) is 0 Å². The van der Waals surface area contributed by atoms with E-state index >= 15 is 0 Å². The van der Waals surface area contributed by atoms with Gasteiger partial charge in [-0.2, -0.15) is 13.2 Å². The molecule has 2 saturated heterocycles. The molecule has 3 heterocycles. The molecule has 2 aliphatic heterocycles. The number of carbonyl (C=O) groups excluding carboxylic acids is 1. The molecule has 0 aliphatic carbocycles. The van der Waals surface area contributed by atoms with Gasteiger partial charge >= 0.3 is 6.18 Å². The normalized spacial score (nSPS) is 29.8. The summed E-state index contributed by atoms with van der Waals surface area (Å²) in [6, 6.07) is 0. The van der Waals surface area contributed by atoms with Crippen LogP contribution in [0, 0.1) is 5.92 Å². The minimum absolute atomic E-state index is 0.129. The maximum Gasteiger partial charge on any atom is 0.416 e. The van der Waals surface area contributed by atoms with E-state index in [1.807, 2.05) is 0 Å². The van der Waals surface area contributed by atoms with Crippen LogP contribution in [0.1, 0.15) is 6.17 Å². The highest BCUT2D eigenvalue weighted by Crippen LogP contribution is 2.27. The van der Waals surface area contributed by atoms with Crippen molar-refractivity contribution in [3.8, 4) is 0 Å². The number of nitrogens with zero attached hydrogens (tertiary/aromatic N) is 5. The standard InChI is InChI=1S/C10H14F3N7O2/c11-10(12,13)7-4-19(1-2-22-7)9(21)6-3-14-16-8(6)20-5-15-17-18-20/h5-8,14,16H,1-4H2. The van der Waals surface area contributed by atoms with Gasteiger partial charge in [-0.1, -0.05) is 0 Å². The number of halogens is 3. The van der Waals surface area contributed by atoms with Crippen molar-refractivity contribution in [3.63, 3.8) is 0 Å². The number of morpholine rings is 1. The molecule has 0 aromatic carbocycles. The summed E-state index contributed by atoms with van der Waals surface area (Å²) in [4.78, 5) is 13.7. The van der Waals surface area contributed by atoms with E-state index in [4.69, 9.17) is 4.74 Å². The van der Waals surface area contributed by atoms with Crippen molar-refractivity contribution in [2.24, 2.45) is 5.92 Å². The number of tetrazole rings is 1. The van der Waals surface area contributed by atoms with Gasteiger partial charge in [0.15, 0.2) is 6.10 Å². The quantitative estimate of drug-likeness (QED) is 0.698. The third-order valence-corrected chi connectivity index (χ3v) is 3.66. The number of ether oxygens (including phenoxy) is 1. The molecule has 122 valence electrons. The number of aromatic nitrogens is 4. The molecule has 0 radical (unpaired) electrons. The first-order valence-electron chi connectivity index (χ1n) is 6.65. The number of rotatable bonds is 2. The molecule has 0 saturated carbocycles. The molecule has 1 aromatic rings. The molecular formula is C10H14F3N7O2. The number of amides is 1. The summed E-state index contributed by atoms with van der Waals surface area (Å²) in [5.41, 5.74) is 5.64. The fourth-order valence-electron chi connectivity index (χ4n) is 2.54. The average Bonchev–Trinajstić information content (AvgIpc) is 3.16. The number of hydrazine groups is 1. The highest BCUT2D eigenvalue weighted by molar-refractivity contribution is 5.80. The van der Waals surface area contributed by atoms with E-state index in [1.54, 1.807) is 0 Å². The van der Waals surface area contributed by atoms with Crippen molar-refractivity contribution >= 4 is 5.91 Å². The van der Waals surface area contributed by atoms with Gasteiger partial charge in [0.05, 0.1) is 19.1 Å². The number of nitrogens with one attached hydrogen (secondary N) is 2. The predicted molar refractivity (Wildman–Crippen MR) is 63.9 cm³/mol. The number of alkyl halides is 3. The van der Waals surface area contributed by atoms with Crippen LogP contribution in [0.5, 0.6) is 0 Å². The molecule has 3 unspecified atom stereocenters. The van der Waals surface area contributed by atoms with Crippen LogP contribution in [0.4, 0.5) is 13.2 Å². The van der Waals surface area contributed by atoms with Crippen molar-refractivity contribution in [3.05, 3.63) is 6.33 Å². The minimum atomic E-state index is -4.49. The monoisotopic (exact) mass is 321 g/mol.